The van der Waals surface area contributed by atoms with Crippen molar-refractivity contribution in [1.82, 2.24) is 4.98 Å². The van der Waals surface area contributed by atoms with Crippen molar-refractivity contribution in [2.24, 2.45) is 11.3 Å². The average molecular weight is 514 g/mol. The molecule has 0 amide bonds. The van der Waals surface area contributed by atoms with Crippen molar-refractivity contribution in [3.8, 4) is 5.75 Å². The smallest absolute Gasteiger partial charge is 0.154 e. The van der Waals surface area contributed by atoms with Gasteiger partial charge < -0.3 is 9.64 Å². The van der Waals surface area contributed by atoms with Crippen molar-refractivity contribution in [2.45, 2.75) is 55.6 Å². The van der Waals surface area contributed by atoms with E-state index in [4.69, 9.17) is 32.9 Å². The van der Waals surface area contributed by atoms with Crippen molar-refractivity contribution < 1.29 is 4.74 Å². The van der Waals surface area contributed by atoms with Gasteiger partial charge in [0.15, 0.2) is 5.75 Å². The van der Waals surface area contributed by atoms with E-state index in [0.717, 1.165) is 45.9 Å². The average Bonchev–Trinajstić information content (AvgIpc) is 3.21. The Morgan fingerprint density at radius 2 is 1.85 bits per heavy atom. The van der Waals surface area contributed by atoms with Crippen LogP contribution in [0.1, 0.15) is 44.6 Å². The molecule has 1 spiro atoms. The summed E-state index contributed by atoms with van der Waals surface area (Å²) in [5.74, 6) is 1.62. The van der Waals surface area contributed by atoms with Gasteiger partial charge in [-0.1, -0.05) is 91.1 Å². The number of rotatable bonds is 6. The number of ether oxygens (including phenoxy) is 1. The first-order valence-corrected chi connectivity index (χ1v) is 13.6. The van der Waals surface area contributed by atoms with E-state index in [1.54, 1.807) is 6.07 Å². The minimum atomic E-state index is 0.490. The van der Waals surface area contributed by atoms with Gasteiger partial charge in [-0.3, -0.25) is 0 Å². The van der Waals surface area contributed by atoms with Crippen molar-refractivity contribution in [3.63, 3.8) is 0 Å². The molecule has 1 aliphatic carbocycles. The van der Waals surface area contributed by atoms with Gasteiger partial charge in [0.2, 0.25) is 0 Å². The number of nitrogens with zero attached hydrogens (tertiary/aromatic N) is 2. The zero-order chi connectivity index (χ0) is 23.5. The highest BCUT2D eigenvalue weighted by molar-refractivity contribution is 7.99. The van der Waals surface area contributed by atoms with Gasteiger partial charge in [0, 0.05) is 24.1 Å². The van der Waals surface area contributed by atoms with Crippen LogP contribution in [0.2, 0.25) is 10.0 Å². The fourth-order valence-electron chi connectivity index (χ4n) is 5.44. The highest BCUT2D eigenvalue weighted by Gasteiger charge is 2.42. The van der Waals surface area contributed by atoms with Crippen LogP contribution >= 0.6 is 35.0 Å². The minimum absolute atomic E-state index is 0.490. The highest BCUT2D eigenvalue weighted by Crippen LogP contribution is 2.51. The van der Waals surface area contributed by atoms with Crippen LogP contribution in [0, 0.1) is 11.3 Å². The maximum Gasteiger partial charge on any atom is 0.154 e. The number of piperidine rings is 1. The van der Waals surface area contributed by atoms with Crippen LogP contribution in [-0.2, 0) is 6.61 Å². The van der Waals surface area contributed by atoms with Gasteiger partial charge in [-0.05, 0) is 48.3 Å². The molecule has 34 heavy (non-hydrogen) atoms. The third-order valence-electron chi connectivity index (χ3n) is 7.65. The molecule has 1 saturated carbocycles. The lowest BCUT2D eigenvalue weighted by atomic mass is 9.71. The van der Waals surface area contributed by atoms with Crippen LogP contribution in [0.3, 0.4) is 0 Å². The SMILES string of the molecule is C[C@@H]1CCCC12CCN(c1cnc(Sc3cccc(Cl)c3Cl)c(OCc3ccccc3)c1)CC2. The first-order chi connectivity index (χ1) is 16.5. The van der Waals surface area contributed by atoms with Gasteiger partial charge in [0.25, 0.3) is 0 Å². The first-order valence-electron chi connectivity index (χ1n) is 12.1. The Morgan fingerprint density at radius 1 is 1.06 bits per heavy atom. The molecule has 2 heterocycles. The quantitative estimate of drug-likeness (QED) is 0.330. The molecule has 3 aromatic rings. The van der Waals surface area contributed by atoms with Gasteiger partial charge >= 0.3 is 0 Å². The Morgan fingerprint density at radius 3 is 2.59 bits per heavy atom. The summed E-state index contributed by atoms with van der Waals surface area (Å²) in [5, 5.41) is 1.88. The lowest BCUT2D eigenvalue weighted by Gasteiger charge is -2.43. The molecular weight excluding hydrogens is 483 g/mol. The molecule has 1 aliphatic heterocycles. The van der Waals surface area contributed by atoms with Gasteiger partial charge in [-0.2, -0.15) is 0 Å². The number of halogens is 2. The largest absolute Gasteiger partial charge is 0.486 e. The summed E-state index contributed by atoms with van der Waals surface area (Å²) in [6, 6.07) is 18.0. The molecule has 3 nitrogen and oxygen atoms in total. The van der Waals surface area contributed by atoms with E-state index < -0.39 is 0 Å². The second-order valence-corrected chi connectivity index (χ2v) is 11.4. The molecule has 178 valence electrons. The number of benzene rings is 2. The number of aromatic nitrogens is 1. The normalized spacial score (nSPS) is 19.5. The van der Waals surface area contributed by atoms with E-state index in [2.05, 4.69) is 30.0 Å². The van der Waals surface area contributed by atoms with Crippen LogP contribution in [-0.4, -0.2) is 18.1 Å². The van der Waals surface area contributed by atoms with Crippen molar-refractivity contribution >= 4 is 40.7 Å². The van der Waals surface area contributed by atoms with E-state index in [9.17, 15) is 0 Å². The zero-order valence-electron chi connectivity index (χ0n) is 19.5. The summed E-state index contributed by atoms with van der Waals surface area (Å²) < 4.78 is 6.32. The van der Waals surface area contributed by atoms with Gasteiger partial charge in [-0.15, -0.1) is 0 Å². The number of hydrogen-bond donors (Lipinski definition) is 0. The third kappa shape index (κ3) is 5.05. The van der Waals surface area contributed by atoms with E-state index in [0.29, 0.717) is 22.1 Å². The third-order valence-corrected chi connectivity index (χ3v) is 9.64. The van der Waals surface area contributed by atoms with Crippen LogP contribution in [0.25, 0.3) is 0 Å². The molecule has 0 bridgehead atoms. The first kappa shape index (κ1) is 23.8. The monoisotopic (exact) mass is 512 g/mol. The predicted molar refractivity (Wildman–Crippen MR) is 142 cm³/mol. The van der Waals surface area contributed by atoms with Crippen LogP contribution in [0.15, 0.2) is 70.7 Å². The molecule has 0 N–H and O–H groups in total. The summed E-state index contributed by atoms with van der Waals surface area (Å²) >= 11 is 14.2. The fraction of sp³-hybridized carbons (Fsp3) is 0.393. The van der Waals surface area contributed by atoms with E-state index in [1.165, 1.54) is 43.9 Å². The van der Waals surface area contributed by atoms with Crippen LogP contribution < -0.4 is 9.64 Å². The minimum Gasteiger partial charge on any atom is -0.486 e. The molecule has 5 rings (SSSR count). The van der Waals surface area contributed by atoms with E-state index in [1.807, 2.05) is 36.5 Å². The van der Waals surface area contributed by atoms with E-state index in [-0.39, 0.29) is 0 Å². The molecule has 2 fully saturated rings. The Bertz CT molecular complexity index is 1130. The summed E-state index contributed by atoms with van der Waals surface area (Å²) in [6.07, 6.45) is 8.68. The molecule has 6 heteroatoms. The summed E-state index contributed by atoms with van der Waals surface area (Å²) in [7, 11) is 0. The second kappa shape index (κ2) is 10.4. The highest BCUT2D eigenvalue weighted by atomic mass is 35.5. The topological polar surface area (TPSA) is 25.4 Å². The molecule has 2 aromatic carbocycles. The second-order valence-electron chi connectivity index (χ2n) is 9.57. The standard InChI is InChI=1S/C28H30Cl2N2OS/c1-20-7-6-12-28(20)13-15-32(16-14-28)22-17-24(33-19-21-8-3-2-4-9-21)27(31-18-22)34-25-11-5-10-23(29)26(25)30/h2-5,8-11,17-18,20H,6-7,12-16,19H2,1H3/t20-/m1/s1. The summed E-state index contributed by atoms with van der Waals surface area (Å²) in [4.78, 5) is 8.17. The Labute approximate surface area is 216 Å². The molecule has 1 saturated heterocycles. The Kier molecular flexibility index (Phi) is 7.29. The van der Waals surface area contributed by atoms with Crippen molar-refractivity contribution in [1.29, 1.82) is 0 Å². The molecule has 1 aromatic heterocycles. The molecule has 1 atom stereocenters. The summed E-state index contributed by atoms with van der Waals surface area (Å²) in [6.45, 7) is 5.10. The van der Waals surface area contributed by atoms with Gasteiger partial charge in [0.05, 0.1) is 21.9 Å². The van der Waals surface area contributed by atoms with Crippen molar-refractivity contribution in [2.75, 3.05) is 18.0 Å². The number of pyridine rings is 1. The van der Waals surface area contributed by atoms with Gasteiger partial charge in [0.1, 0.15) is 11.6 Å². The molecular formula is C28H30Cl2N2OS. The molecule has 0 unspecified atom stereocenters. The zero-order valence-corrected chi connectivity index (χ0v) is 21.8. The lowest BCUT2D eigenvalue weighted by molar-refractivity contribution is 0.162. The van der Waals surface area contributed by atoms with Crippen LogP contribution in [0.5, 0.6) is 5.75 Å². The predicted octanol–water partition coefficient (Wildman–Crippen LogP) is 8.53. The molecule has 2 aliphatic rings. The maximum absolute atomic E-state index is 6.46. The van der Waals surface area contributed by atoms with Crippen LogP contribution in [0.4, 0.5) is 5.69 Å². The maximum atomic E-state index is 6.46. The molecule has 0 radical (unpaired) electrons. The Hall–Kier alpha value is -1.88. The number of anilines is 1. The lowest BCUT2D eigenvalue weighted by Crippen LogP contribution is -2.41. The van der Waals surface area contributed by atoms with Crippen molar-refractivity contribution in [3.05, 3.63) is 76.4 Å². The van der Waals surface area contributed by atoms with Gasteiger partial charge in [-0.25, -0.2) is 4.98 Å². The summed E-state index contributed by atoms with van der Waals surface area (Å²) in [5.41, 5.74) is 2.81. The number of hydrogen-bond acceptors (Lipinski definition) is 4. The Balaban J connectivity index is 1.38. The van der Waals surface area contributed by atoms with E-state index >= 15 is 0 Å². The fourth-order valence-corrected chi connectivity index (χ4v) is 6.79.